The Bertz CT molecular complexity index is 992. The van der Waals surface area contributed by atoms with Gasteiger partial charge in [0.25, 0.3) is 0 Å². The van der Waals surface area contributed by atoms with Crippen molar-refractivity contribution in [3.05, 3.63) is 42.7 Å². The van der Waals surface area contributed by atoms with Gasteiger partial charge in [-0.3, -0.25) is 9.88 Å². The third-order valence-electron chi connectivity index (χ3n) is 4.66. The number of aromatic nitrogens is 5. The molecule has 0 aromatic carbocycles. The largest absolute Gasteiger partial charge is 0.447 e. The Hall–Kier alpha value is -3.56. The summed E-state index contributed by atoms with van der Waals surface area (Å²) >= 11 is 0. The van der Waals surface area contributed by atoms with E-state index in [1.54, 1.807) is 41.7 Å². The van der Waals surface area contributed by atoms with E-state index in [4.69, 9.17) is 9.26 Å². The first kappa shape index (κ1) is 18.8. The standard InChI is InChI=1S/C19H21N7O3/c1-11(2)14-10-28-19(27)26(14)15-6-9-21-18(23-15)22-12(3)17-24-16(25-29-17)13-4-7-20-8-5-13/h4-9,11-12,14H,10H2,1-3H3,(H,21,22,23). The number of cyclic esters (lactones) is 1. The average Bonchev–Trinajstić information content (AvgIpc) is 3.36. The molecule has 3 aromatic heterocycles. The fraction of sp³-hybridized carbons (Fsp3) is 0.368. The van der Waals surface area contributed by atoms with E-state index >= 15 is 0 Å². The van der Waals surface area contributed by atoms with Gasteiger partial charge in [-0.1, -0.05) is 19.0 Å². The third kappa shape index (κ3) is 3.86. The van der Waals surface area contributed by atoms with Crippen LogP contribution >= 0.6 is 0 Å². The van der Waals surface area contributed by atoms with Gasteiger partial charge in [-0.15, -0.1) is 0 Å². The van der Waals surface area contributed by atoms with Gasteiger partial charge in [0.15, 0.2) is 0 Å². The Kier molecular flexibility index (Phi) is 5.07. The molecule has 10 nitrogen and oxygen atoms in total. The van der Waals surface area contributed by atoms with Crippen LogP contribution < -0.4 is 10.2 Å². The van der Waals surface area contributed by atoms with Crippen molar-refractivity contribution in [1.29, 1.82) is 0 Å². The second-order valence-corrected chi connectivity index (χ2v) is 7.05. The zero-order valence-electron chi connectivity index (χ0n) is 16.3. The molecule has 1 N–H and O–H groups in total. The quantitative estimate of drug-likeness (QED) is 0.671. The number of rotatable bonds is 6. The zero-order valence-corrected chi connectivity index (χ0v) is 16.3. The average molecular weight is 395 g/mol. The van der Waals surface area contributed by atoms with Gasteiger partial charge in [-0.25, -0.2) is 9.78 Å². The summed E-state index contributed by atoms with van der Waals surface area (Å²) in [6.07, 6.45) is 4.52. The molecule has 150 valence electrons. The lowest BCUT2D eigenvalue weighted by Gasteiger charge is -2.23. The minimum Gasteiger partial charge on any atom is -0.447 e. The first-order chi connectivity index (χ1) is 14.0. The lowest BCUT2D eigenvalue weighted by molar-refractivity contribution is 0.177. The van der Waals surface area contributed by atoms with Gasteiger partial charge in [-0.2, -0.15) is 9.97 Å². The van der Waals surface area contributed by atoms with Gasteiger partial charge in [0.1, 0.15) is 18.5 Å². The van der Waals surface area contributed by atoms with E-state index in [-0.39, 0.29) is 18.0 Å². The summed E-state index contributed by atoms with van der Waals surface area (Å²) in [7, 11) is 0. The van der Waals surface area contributed by atoms with E-state index in [0.717, 1.165) is 5.56 Å². The summed E-state index contributed by atoms with van der Waals surface area (Å²) in [5.74, 6) is 1.94. The molecule has 1 saturated heterocycles. The van der Waals surface area contributed by atoms with Crippen LogP contribution in [-0.2, 0) is 4.74 Å². The van der Waals surface area contributed by atoms with Crippen LogP contribution in [0.2, 0.25) is 0 Å². The number of amides is 1. The van der Waals surface area contributed by atoms with Crippen molar-refractivity contribution in [2.45, 2.75) is 32.9 Å². The van der Waals surface area contributed by atoms with Gasteiger partial charge in [0, 0.05) is 24.2 Å². The van der Waals surface area contributed by atoms with Crippen LogP contribution in [0.1, 0.15) is 32.7 Å². The summed E-state index contributed by atoms with van der Waals surface area (Å²) in [5, 5.41) is 7.14. The second kappa shape index (κ2) is 7.82. The summed E-state index contributed by atoms with van der Waals surface area (Å²) in [6.45, 7) is 6.29. The van der Waals surface area contributed by atoms with E-state index in [1.165, 1.54) is 0 Å². The van der Waals surface area contributed by atoms with Crippen LogP contribution in [0.3, 0.4) is 0 Å². The highest BCUT2D eigenvalue weighted by atomic mass is 16.6. The Balaban J connectivity index is 1.51. The topological polar surface area (TPSA) is 119 Å². The third-order valence-corrected chi connectivity index (χ3v) is 4.66. The summed E-state index contributed by atoms with van der Waals surface area (Å²) in [5.41, 5.74) is 0.813. The monoisotopic (exact) mass is 395 g/mol. The van der Waals surface area contributed by atoms with Crippen molar-refractivity contribution >= 4 is 17.9 Å². The molecule has 0 radical (unpaired) electrons. The number of pyridine rings is 1. The second-order valence-electron chi connectivity index (χ2n) is 7.05. The van der Waals surface area contributed by atoms with Crippen molar-refractivity contribution in [2.75, 3.05) is 16.8 Å². The molecule has 0 aliphatic carbocycles. The fourth-order valence-electron chi connectivity index (χ4n) is 3.03. The van der Waals surface area contributed by atoms with Crippen LogP contribution in [0, 0.1) is 5.92 Å². The van der Waals surface area contributed by atoms with Crippen LogP contribution in [-0.4, -0.2) is 43.8 Å². The number of ether oxygens (including phenoxy) is 1. The summed E-state index contributed by atoms with van der Waals surface area (Å²) in [6, 6.07) is 4.90. The molecular formula is C19H21N7O3. The van der Waals surface area contributed by atoms with Crippen molar-refractivity contribution in [3.63, 3.8) is 0 Å². The van der Waals surface area contributed by atoms with Gasteiger partial charge >= 0.3 is 6.09 Å². The van der Waals surface area contributed by atoms with Gasteiger partial charge < -0.3 is 14.6 Å². The van der Waals surface area contributed by atoms with Gasteiger partial charge in [-0.05, 0) is 31.0 Å². The zero-order chi connectivity index (χ0) is 20.4. The van der Waals surface area contributed by atoms with Crippen LogP contribution in [0.4, 0.5) is 16.6 Å². The molecule has 0 bridgehead atoms. The SMILES string of the molecule is CC(Nc1nccc(N2C(=O)OCC2C(C)C)n1)c1nc(-c2ccncc2)no1. The molecule has 2 unspecified atom stereocenters. The lowest BCUT2D eigenvalue weighted by atomic mass is 10.0. The van der Waals surface area contributed by atoms with Crippen molar-refractivity contribution in [3.8, 4) is 11.4 Å². The number of hydrogen-bond donors (Lipinski definition) is 1. The summed E-state index contributed by atoms with van der Waals surface area (Å²) < 4.78 is 10.6. The summed E-state index contributed by atoms with van der Waals surface area (Å²) in [4.78, 5) is 30.8. The van der Waals surface area contributed by atoms with E-state index in [1.807, 2.05) is 20.8 Å². The lowest BCUT2D eigenvalue weighted by Crippen LogP contribution is -2.37. The molecule has 0 saturated carbocycles. The molecule has 4 heterocycles. The number of nitrogens with one attached hydrogen (secondary N) is 1. The number of carbonyl (C=O) groups excluding carboxylic acids is 1. The Morgan fingerprint density at radius 2 is 1.93 bits per heavy atom. The van der Waals surface area contributed by atoms with Gasteiger partial charge in [0.05, 0.1) is 6.04 Å². The first-order valence-electron chi connectivity index (χ1n) is 9.32. The minimum atomic E-state index is -0.403. The van der Waals surface area contributed by atoms with Crippen LogP contribution in [0.5, 0.6) is 0 Å². The highest BCUT2D eigenvalue weighted by molar-refractivity contribution is 5.89. The normalized spacial score (nSPS) is 17.4. The van der Waals surface area contributed by atoms with Crippen molar-refractivity contribution in [1.82, 2.24) is 25.1 Å². The molecule has 29 heavy (non-hydrogen) atoms. The Labute approximate surface area is 167 Å². The smallest absolute Gasteiger partial charge is 0.415 e. The molecule has 1 aliphatic rings. The molecule has 2 atom stereocenters. The van der Waals surface area contributed by atoms with E-state index in [9.17, 15) is 4.79 Å². The molecule has 1 amide bonds. The molecule has 4 rings (SSSR count). The molecule has 0 spiro atoms. The molecule has 1 fully saturated rings. The maximum Gasteiger partial charge on any atom is 0.415 e. The maximum absolute atomic E-state index is 12.2. The minimum absolute atomic E-state index is 0.0680. The van der Waals surface area contributed by atoms with E-state index in [0.29, 0.717) is 30.1 Å². The molecule has 1 aliphatic heterocycles. The number of anilines is 2. The van der Waals surface area contributed by atoms with Crippen LogP contribution in [0.15, 0.2) is 41.3 Å². The van der Waals surface area contributed by atoms with E-state index < -0.39 is 6.09 Å². The van der Waals surface area contributed by atoms with Crippen molar-refractivity contribution in [2.24, 2.45) is 5.92 Å². The number of nitrogens with zero attached hydrogens (tertiary/aromatic N) is 6. The maximum atomic E-state index is 12.2. The first-order valence-corrected chi connectivity index (χ1v) is 9.32. The highest BCUT2D eigenvalue weighted by Crippen LogP contribution is 2.27. The van der Waals surface area contributed by atoms with Crippen LogP contribution in [0.25, 0.3) is 11.4 Å². The predicted octanol–water partition coefficient (Wildman–Crippen LogP) is 3.08. The molecule has 10 heteroatoms. The molecular weight excluding hydrogens is 374 g/mol. The van der Waals surface area contributed by atoms with E-state index in [2.05, 4.69) is 30.4 Å². The Morgan fingerprint density at radius 3 is 2.69 bits per heavy atom. The molecule has 3 aromatic rings. The Morgan fingerprint density at radius 1 is 1.14 bits per heavy atom. The van der Waals surface area contributed by atoms with Gasteiger partial charge in [0.2, 0.25) is 17.7 Å². The fourth-order valence-corrected chi connectivity index (χ4v) is 3.03. The highest BCUT2D eigenvalue weighted by Gasteiger charge is 2.37. The predicted molar refractivity (Wildman–Crippen MR) is 104 cm³/mol. The van der Waals surface area contributed by atoms with Crippen molar-refractivity contribution < 1.29 is 14.1 Å². The number of hydrogen-bond acceptors (Lipinski definition) is 9. The number of carbonyl (C=O) groups is 1.